The third kappa shape index (κ3) is 5.04. The third-order valence-electron chi connectivity index (χ3n) is 6.62. The van der Waals surface area contributed by atoms with Crippen LogP contribution in [0.5, 0.6) is 0 Å². The van der Waals surface area contributed by atoms with Crippen LogP contribution in [0.1, 0.15) is 21.6 Å². The lowest BCUT2D eigenvalue weighted by molar-refractivity contribution is -0.137. The molecule has 0 atom stereocenters. The number of halogens is 3. The highest BCUT2D eigenvalue weighted by Gasteiger charge is 2.31. The predicted molar refractivity (Wildman–Crippen MR) is 145 cm³/mol. The number of aromatic amines is 1. The number of nitrogens with zero attached hydrogens (tertiary/aromatic N) is 5. The second-order valence-corrected chi connectivity index (χ2v) is 9.35. The summed E-state index contributed by atoms with van der Waals surface area (Å²) in [6.45, 7) is 3.19. The van der Waals surface area contributed by atoms with Gasteiger partial charge in [-0.1, -0.05) is 6.07 Å². The topological polar surface area (TPSA) is 130 Å². The molecule has 0 spiro atoms. The number of fused-ring (bicyclic) bond motifs is 3. The first-order chi connectivity index (χ1) is 19.7. The summed E-state index contributed by atoms with van der Waals surface area (Å²) in [5, 5.41) is 6.04. The molecule has 5 heterocycles. The molecule has 0 saturated carbocycles. The van der Waals surface area contributed by atoms with E-state index in [9.17, 15) is 22.8 Å². The Morgan fingerprint density at radius 2 is 1.95 bits per heavy atom. The summed E-state index contributed by atoms with van der Waals surface area (Å²) in [6.07, 6.45) is 0.999. The average Bonchev–Trinajstić information content (AvgIpc) is 3.45. The van der Waals surface area contributed by atoms with Crippen molar-refractivity contribution >= 4 is 23.1 Å². The van der Waals surface area contributed by atoms with E-state index in [0.717, 1.165) is 46.4 Å². The standard InChI is InChI=1S/C28H21F3N8O2/c1-15-2-3-18(36-26(41)21-11-17(4-7-33-21)28(29,30)31)12-19(15)20-10-16-13-35-27(37-22-14-32-6-5-23(22)40)38-24(16)39-9-8-34-25(20)39/h2-7,10-14,34H,8-9H2,1H3,(H,32,40)(H,36,41). The molecule has 0 bridgehead atoms. The molecule has 2 aromatic heterocycles. The molecule has 0 radical (unpaired) electrons. The molecule has 3 aromatic rings. The number of aromatic nitrogens is 5. The lowest BCUT2D eigenvalue weighted by Crippen LogP contribution is -2.18. The lowest BCUT2D eigenvalue weighted by atomic mass is 9.98. The largest absolute Gasteiger partial charge is 0.416 e. The van der Waals surface area contributed by atoms with Crippen LogP contribution < -0.4 is 21.7 Å². The van der Waals surface area contributed by atoms with Crippen LogP contribution in [0.4, 0.5) is 30.4 Å². The number of amides is 1. The Morgan fingerprint density at radius 1 is 1.10 bits per heavy atom. The fourth-order valence-corrected chi connectivity index (χ4v) is 4.64. The summed E-state index contributed by atoms with van der Waals surface area (Å²) >= 11 is 0. The van der Waals surface area contributed by atoms with Crippen LogP contribution in [0.3, 0.4) is 0 Å². The van der Waals surface area contributed by atoms with Crippen LogP contribution in [-0.4, -0.2) is 37.0 Å². The minimum Gasteiger partial charge on any atom is -0.369 e. The number of carbonyl (C=O) groups excluding carboxylic acids is 1. The lowest BCUT2D eigenvalue weighted by Gasteiger charge is -2.19. The molecule has 0 saturated heterocycles. The van der Waals surface area contributed by atoms with Crippen LogP contribution in [-0.2, 0) is 12.7 Å². The zero-order chi connectivity index (χ0) is 28.7. The normalized spacial score (nSPS) is 13.2. The second-order valence-electron chi connectivity index (χ2n) is 9.35. The molecule has 41 heavy (non-hydrogen) atoms. The smallest absolute Gasteiger partial charge is 0.369 e. The highest BCUT2D eigenvalue weighted by molar-refractivity contribution is 6.03. The van der Waals surface area contributed by atoms with Gasteiger partial charge in [-0.2, -0.15) is 18.2 Å². The number of hydrogen-bond donors (Lipinski definition) is 3. The summed E-state index contributed by atoms with van der Waals surface area (Å²) in [5.41, 5.74) is 2.44. The van der Waals surface area contributed by atoms with E-state index >= 15 is 0 Å². The van der Waals surface area contributed by atoms with Gasteiger partial charge >= 0.3 is 6.18 Å². The maximum absolute atomic E-state index is 13.1. The number of hydrogen-bond acceptors (Lipinski definition) is 7. The van der Waals surface area contributed by atoms with Crippen molar-refractivity contribution in [3.63, 3.8) is 0 Å². The monoisotopic (exact) mass is 558 g/mol. The van der Waals surface area contributed by atoms with Gasteiger partial charge in [0.25, 0.3) is 11.5 Å². The fourth-order valence-electron chi connectivity index (χ4n) is 4.64. The number of nitrogens with one attached hydrogen (secondary N) is 3. The average molecular weight is 559 g/mol. The molecule has 0 aliphatic carbocycles. The van der Waals surface area contributed by atoms with Gasteiger partial charge in [0.05, 0.1) is 5.56 Å². The summed E-state index contributed by atoms with van der Waals surface area (Å²) < 4.78 is 41.3. The first-order valence-electron chi connectivity index (χ1n) is 12.5. The third-order valence-corrected chi connectivity index (χ3v) is 6.62. The minimum absolute atomic E-state index is 0.146. The van der Waals surface area contributed by atoms with Crippen LogP contribution >= 0.6 is 0 Å². The number of alkyl halides is 3. The van der Waals surface area contributed by atoms with Gasteiger partial charge in [0.2, 0.25) is 5.43 Å². The molecule has 0 unspecified atom stereocenters. The molecule has 3 aliphatic heterocycles. The van der Waals surface area contributed by atoms with Crippen molar-refractivity contribution < 1.29 is 18.0 Å². The molecule has 13 heteroatoms. The number of carbonyl (C=O) groups is 1. The summed E-state index contributed by atoms with van der Waals surface area (Å²) in [5.74, 6) is 0.669. The molecule has 10 nitrogen and oxygen atoms in total. The Labute approximate surface area is 230 Å². The van der Waals surface area contributed by atoms with E-state index in [2.05, 4.69) is 35.6 Å². The Morgan fingerprint density at radius 3 is 2.76 bits per heavy atom. The van der Waals surface area contributed by atoms with Gasteiger partial charge < -0.3 is 20.2 Å². The molecule has 3 N–H and O–H groups in total. The summed E-state index contributed by atoms with van der Waals surface area (Å²) in [4.78, 5) is 44.7. The van der Waals surface area contributed by atoms with Gasteiger partial charge in [0, 0.05) is 60.8 Å². The highest BCUT2D eigenvalue weighted by Crippen LogP contribution is 2.39. The van der Waals surface area contributed by atoms with E-state index in [4.69, 9.17) is 0 Å². The maximum atomic E-state index is 13.1. The maximum Gasteiger partial charge on any atom is 0.416 e. The van der Waals surface area contributed by atoms with E-state index < -0.39 is 17.6 Å². The first kappa shape index (κ1) is 25.9. The van der Waals surface area contributed by atoms with Crippen molar-refractivity contribution in [1.82, 2.24) is 24.5 Å². The number of benzene rings is 1. The quantitative estimate of drug-likeness (QED) is 0.300. The summed E-state index contributed by atoms with van der Waals surface area (Å²) in [6, 6.07) is 10.1. The minimum atomic E-state index is -4.59. The van der Waals surface area contributed by atoms with Gasteiger partial charge in [-0.3, -0.25) is 14.6 Å². The SMILES string of the molecule is Cc1ccc(NC(=O)c2cc(C(F)(F)F)ccn2)cc1-c1cc2cnc(=Nc3c[nH]ccc3=O)nc-2n2c1NCC2. The van der Waals surface area contributed by atoms with Gasteiger partial charge in [-0.05, 0) is 48.4 Å². The molecule has 0 fully saturated rings. The van der Waals surface area contributed by atoms with Crippen molar-refractivity contribution in [2.45, 2.75) is 19.6 Å². The van der Waals surface area contributed by atoms with E-state index in [1.807, 2.05) is 23.6 Å². The Bertz CT molecular complexity index is 1910. The molecule has 3 aliphatic rings. The Kier molecular flexibility index (Phi) is 6.33. The molecular formula is C28H21F3N8O2. The van der Waals surface area contributed by atoms with Crippen molar-refractivity contribution in [3.05, 3.63) is 99.9 Å². The van der Waals surface area contributed by atoms with E-state index in [0.29, 0.717) is 24.6 Å². The number of H-pyrrole nitrogens is 1. The number of rotatable bonds is 4. The van der Waals surface area contributed by atoms with Gasteiger partial charge in [0.1, 0.15) is 23.0 Å². The number of anilines is 2. The van der Waals surface area contributed by atoms with Gasteiger partial charge in [-0.15, -0.1) is 0 Å². The van der Waals surface area contributed by atoms with Crippen LogP contribution in [0.15, 0.2) is 77.0 Å². The molecule has 1 amide bonds. The van der Waals surface area contributed by atoms with Crippen LogP contribution in [0.2, 0.25) is 0 Å². The Hall–Kier alpha value is -5.33. The first-order valence-corrected chi connectivity index (χ1v) is 12.5. The molecular weight excluding hydrogens is 537 g/mol. The predicted octanol–water partition coefficient (Wildman–Crippen LogP) is 4.37. The van der Waals surface area contributed by atoms with Crippen LogP contribution in [0, 0.1) is 6.92 Å². The van der Waals surface area contributed by atoms with E-state index in [1.165, 1.54) is 18.5 Å². The zero-order valence-electron chi connectivity index (χ0n) is 21.5. The Balaban J connectivity index is 1.38. The molecule has 206 valence electrons. The van der Waals surface area contributed by atoms with Gasteiger partial charge in [-0.25, -0.2) is 9.98 Å². The number of aryl methyl sites for hydroxylation is 1. The van der Waals surface area contributed by atoms with Gasteiger partial charge in [0.15, 0.2) is 0 Å². The van der Waals surface area contributed by atoms with Crippen molar-refractivity contribution in [3.8, 4) is 22.5 Å². The summed E-state index contributed by atoms with van der Waals surface area (Å²) in [7, 11) is 0. The van der Waals surface area contributed by atoms with E-state index in [1.54, 1.807) is 18.3 Å². The molecule has 6 rings (SSSR count). The van der Waals surface area contributed by atoms with Crippen molar-refractivity contribution in [1.29, 1.82) is 0 Å². The zero-order valence-corrected chi connectivity index (χ0v) is 21.5. The van der Waals surface area contributed by atoms with E-state index in [-0.39, 0.29) is 22.4 Å². The fraction of sp³-hybridized carbons (Fsp3) is 0.143. The molecule has 1 aromatic carbocycles. The number of pyridine rings is 3. The van der Waals surface area contributed by atoms with Crippen LogP contribution in [0.25, 0.3) is 22.5 Å². The van der Waals surface area contributed by atoms with Crippen molar-refractivity contribution in [2.24, 2.45) is 4.99 Å². The highest BCUT2D eigenvalue weighted by atomic mass is 19.4. The van der Waals surface area contributed by atoms with Crippen molar-refractivity contribution in [2.75, 3.05) is 17.2 Å². The second kappa shape index (κ2) is 10.0.